The van der Waals surface area contributed by atoms with Crippen molar-refractivity contribution in [1.29, 1.82) is 0 Å². The SMILES string of the molecule is CC(C)C(C)C(C)C.CC(C)C(CO)C(C)C.CC(C)CC(C)C. The fourth-order valence-electron chi connectivity index (χ4n) is 2.90. The zero-order chi connectivity index (χ0) is 20.0. The molecule has 0 bridgehead atoms. The molecular weight excluding hydrogens is 292 g/mol. The first-order valence-electron chi connectivity index (χ1n) is 10.4. The lowest BCUT2D eigenvalue weighted by molar-refractivity contribution is 0.150. The third-order valence-corrected chi connectivity index (χ3v) is 4.97. The van der Waals surface area contributed by atoms with Crippen LogP contribution in [0.3, 0.4) is 0 Å². The summed E-state index contributed by atoms with van der Waals surface area (Å²) in [7, 11) is 0. The van der Waals surface area contributed by atoms with Gasteiger partial charge in [0, 0.05) is 6.61 Å². The molecule has 0 spiro atoms. The van der Waals surface area contributed by atoms with Crippen LogP contribution in [-0.4, -0.2) is 11.7 Å². The number of rotatable bonds is 7. The Morgan fingerprint density at radius 2 is 0.792 bits per heavy atom. The maximum Gasteiger partial charge on any atom is 0.0464 e. The summed E-state index contributed by atoms with van der Waals surface area (Å²) in [5.41, 5.74) is 0. The summed E-state index contributed by atoms with van der Waals surface area (Å²) in [6.45, 7) is 29.4. The summed E-state index contributed by atoms with van der Waals surface area (Å²) in [5.74, 6) is 6.00. The van der Waals surface area contributed by atoms with Gasteiger partial charge in [-0.3, -0.25) is 0 Å². The Morgan fingerprint density at radius 1 is 0.500 bits per heavy atom. The normalized spacial score (nSPS) is 11.8. The van der Waals surface area contributed by atoms with E-state index in [2.05, 4.69) is 90.0 Å². The highest BCUT2D eigenvalue weighted by Gasteiger charge is 2.15. The summed E-state index contributed by atoms with van der Waals surface area (Å²) in [5, 5.41) is 8.87. The molecule has 0 aromatic heterocycles. The molecule has 150 valence electrons. The van der Waals surface area contributed by atoms with Crippen LogP contribution in [0.1, 0.15) is 96.4 Å². The van der Waals surface area contributed by atoms with E-state index in [0.717, 1.165) is 29.6 Å². The summed E-state index contributed by atoms with van der Waals surface area (Å²) >= 11 is 0. The van der Waals surface area contributed by atoms with E-state index in [9.17, 15) is 0 Å². The van der Waals surface area contributed by atoms with Crippen LogP contribution in [0.4, 0.5) is 0 Å². The number of hydrogen-bond donors (Lipinski definition) is 1. The number of hydrogen-bond acceptors (Lipinski definition) is 1. The highest BCUT2D eigenvalue weighted by molar-refractivity contribution is 4.64. The third kappa shape index (κ3) is 20.0. The predicted octanol–water partition coefficient (Wildman–Crippen LogP) is 7.53. The maximum absolute atomic E-state index is 8.87. The topological polar surface area (TPSA) is 20.2 Å². The van der Waals surface area contributed by atoms with Gasteiger partial charge in [0.05, 0.1) is 0 Å². The van der Waals surface area contributed by atoms with Gasteiger partial charge >= 0.3 is 0 Å². The maximum atomic E-state index is 8.87. The van der Waals surface area contributed by atoms with Crippen LogP contribution in [-0.2, 0) is 0 Å². The summed E-state index contributed by atoms with van der Waals surface area (Å²) in [6.07, 6.45) is 1.36. The van der Waals surface area contributed by atoms with Crippen molar-refractivity contribution < 1.29 is 5.11 Å². The van der Waals surface area contributed by atoms with Crippen LogP contribution in [0.5, 0.6) is 0 Å². The average Bonchev–Trinajstić information content (AvgIpc) is 2.36. The van der Waals surface area contributed by atoms with E-state index >= 15 is 0 Å². The van der Waals surface area contributed by atoms with E-state index in [0.29, 0.717) is 24.4 Å². The second kappa shape index (κ2) is 16.4. The van der Waals surface area contributed by atoms with Crippen LogP contribution in [0.15, 0.2) is 0 Å². The van der Waals surface area contributed by atoms with Gasteiger partial charge in [-0.1, -0.05) is 90.0 Å². The van der Waals surface area contributed by atoms with Gasteiger partial charge in [0.2, 0.25) is 0 Å². The minimum Gasteiger partial charge on any atom is -0.396 e. The molecule has 0 rings (SSSR count). The summed E-state index contributed by atoms with van der Waals surface area (Å²) in [4.78, 5) is 0. The van der Waals surface area contributed by atoms with Gasteiger partial charge in [0.1, 0.15) is 0 Å². The molecule has 0 saturated carbocycles. The van der Waals surface area contributed by atoms with Crippen LogP contribution in [0.25, 0.3) is 0 Å². The van der Waals surface area contributed by atoms with Crippen molar-refractivity contribution in [2.24, 2.45) is 47.3 Å². The van der Waals surface area contributed by atoms with Crippen molar-refractivity contribution in [2.45, 2.75) is 96.4 Å². The molecule has 0 unspecified atom stereocenters. The molecule has 0 aromatic carbocycles. The van der Waals surface area contributed by atoms with Gasteiger partial charge in [-0.05, 0) is 53.8 Å². The molecular formula is C23H52O. The van der Waals surface area contributed by atoms with E-state index in [-0.39, 0.29) is 0 Å². The highest BCUT2D eigenvalue weighted by atomic mass is 16.3. The Morgan fingerprint density at radius 3 is 0.792 bits per heavy atom. The van der Waals surface area contributed by atoms with Crippen molar-refractivity contribution >= 4 is 0 Å². The first-order valence-corrected chi connectivity index (χ1v) is 10.4. The fourth-order valence-corrected chi connectivity index (χ4v) is 2.90. The smallest absolute Gasteiger partial charge is 0.0464 e. The van der Waals surface area contributed by atoms with Crippen LogP contribution in [0, 0.1) is 47.3 Å². The largest absolute Gasteiger partial charge is 0.396 e. The quantitative estimate of drug-likeness (QED) is 0.506. The zero-order valence-corrected chi connectivity index (χ0v) is 19.5. The standard InChI is InChI=1S/C8H18O.C8H18.C7H16/c1-6(2)8(5-9)7(3)4;1-6(2)8(5)7(3)4;1-6(2)5-7(3)4/h6-9H,5H2,1-4H3;6-8H,1-5H3;6-7H,5H2,1-4H3. The van der Waals surface area contributed by atoms with Crippen LogP contribution >= 0.6 is 0 Å². The molecule has 1 heteroatoms. The van der Waals surface area contributed by atoms with Crippen molar-refractivity contribution in [3.8, 4) is 0 Å². The molecule has 0 aliphatic heterocycles. The first kappa shape index (κ1) is 28.8. The molecule has 0 aliphatic rings. The van der Waals surface area contributed by atoms with Crippen molar-refractivity contribution in [3.05, 3.63) is 0 Å². The van der Waals surface area contributed by atoms with Crippen molar-refractivity contribution in [2.75, 3.05) is 6.61 Å². The lowest BCUT2D eigenvalue weighted by Gasteiger charge is -2.21. The summed E-state index contributed by atoms with van der Waals surface area (Å²) in [6, 6.07) is 0. The molecule has 0 radical (unpaired) electrons. The Hall–Kier alpha value is -0.0400. The monoisotopic (exact) mass is 344 g/mol. The molecule has 0 atom stereocenters. The van der Waals surface area contributed by atoms with E-state index in [1.807, 2.05) is 0 Å². The third-order valence-electron chi connectivity index (χ3n) is 4.97. The minimum atomic E-state index is 0.329. The molecule has 0 saturated heterocycles. The molecule has 1 N–H and O–H groups in total. The Labute approximate surface area is 156 Å². The number of aliphatic hydroxyl groups is 1. The van der Waals surface area contributed by atoms with Crippen molar-refractivity contribution in [3.63, 3.8) is 0 Å². The van der Waals surface area contributed by atoms with E-state index in [1.54, 1.807) is 0 Å². The van der Waals surface area contributed by atoms with Crippen LogP contribution < -0.4 is 0 Å². The Bertz CT molecular complexity index is 216. The van der Waals surface area contributed by atoms with Crippen LogP contribution in [0.2, 0.25) is 0 Å². The van der Waals surface area contributed by atoms with E-state index in [4.69, 9.17) is 5.11 Å². The van der Waals surface area contributed by atoms with E-state index in [1.165, 1.54) is 6.42 Å². The molecule has 0 fully saturated rings. The lowest BCUT2D eigenvalue weighted by atomic mass is 9.86. The fraction of sp³-hybridized carbons (Fsp3) is 1.00. The van der Waals surface area contributed by atoms with Gasteiger partial charge in [-0.25, -0.2) is 0 Å². The second-order valence-electron chi connectivity index (χ2n) is 9.71. The van der Waals surface area contributed by atoms with Gasteiger partial charge in [0.15, 0.2) is 0 Å². The van der Waals surface area contributed by atoms with Gasteiger partial charge in [-0.2, -0.15) is 0 Å². The molecule has 0 heterocycles. The number of aliphatic hydroxyl groups excluding tert-OH is 1. The lowest BCUT2D eigenvalue weighted by Crippen LogP contribution is -2.19. The van der Waals surface area contributed by atoms with E-state index < -0.39 is 0 Å². The highest BCUT2D eigenvalue weighted by Crippen LogP contribution is 2.19. The molecule has 1 nitrogen and oxygen atoms in total. The van der Waals surface area contributed by atoms with Gasteiger partial charge in [-0.15, -0.1) is 0 Å². The Balaban J connectivity index is -0.000000278. The van der Waals surface area contributed by atoms with Gasteiger partial charge in [0.25, 0.3) is 0 Å². The predicted molar refractivity (Wildman–Crippen MR) is 113 cm³/mol. The molecule has 0 amide bonds. The first-order chi connectivity index (χ1) is 10.8. The summed E-state index contributed by atoms with van der Waals surface area (Å²) < 4.78 is 0. The van der Waals surface area contributed by atoms with Crippen molar-refractivity contribution in [1.82, 2.24) is 0 Å². The molecule has 0 aliphatic carbocycles. The second-order valence-corrected chi connectivity index (χ2v) is 9.71. The Kier molecular flexibility index (Phi) is 19.7. The minimum absolute atomic E-state index is 0.329. The molecule has 0 aromatic rings. The van der Waals surface area contributed by atoms with Gasteiger partial charge < -0.3 is 5.11 Å². The average molecular weight is 345 g/mol. The zero-order valence-electron chi connectivity index (χ0n) is 19.5. The molecule has 24 heavy (non-hydrogen) atoms.